The lowest BCUT2D eigenvalue weighted by Crippen LogP contribution is -2.35. The molecule has 0 amide bonds. The number of benzene rings is 1. The van der Waals surface area contributed by atoms with E-state index in [0.29, 0.717) is 0 Å². The van der Waals surface area contributed by atoms with Crippen molar-refractivity contribution in [1.29, 1.82) is 0 Å². The van der Waals surface area contributed by atoms with Crippen LogP contribution in [0.1, 0.15) is 65.4 Å². The molecule has 1 aromatic rings. The van der Waals surface area contributed by atoms with Crippen molar-refractivity contribution >= 4 is 5.57 Å². The predicted molar refractivity (Wildman–Crippen MR) is 138 cm³/mol. The number of allylic oxidation sites excluding steroid dienone is 4. The summed E-state index contributed by atoms with van der Waals surface area (Å²) in [7, 11) is 0. The number of likely N-dealkylation sites (tertiary alicyclic amines) is 2. The first-order valence-corrected chi connectivity index (χ1v) is 12.2. The third kappa shape index (κ3) is 5.78. The third-order valence-electron chi connectivity index (χ3n) is 6.89. The van der Waals surface area contributed by atoms with Crippen molar-refractivity contribution in [3.8, 4) is 0 Å². The molecule has 0 bridgehead atoms. The second kappa shape index (κ2) is 11.3. The Kier molecular flexibility index (Phi) is 8.47. The van der Waals surface area contributed by atoms with Crippen molar-refractivity contribution in [3.63, 3.8) is 0 Å². The van der Waals surface area contributed by atoms with Crippen molar-refractivity contribution in [2.45, 2.75) is 59.8 Å². The third-order valence-corrected chi connectivity index (χ3v) is 6.89. The molecule has 0 atom stereocenters. The Bertz CT molecular complexity index is 901. The lowest BCUT2D eigenvalue weighted by atomic mass is 9.97. The van der Waals surface area contributed by atoms with Gasteiger partial charge in [-0.2, -0.15) is 0 Å². The summed E-state index contributed by atoms with van der Waals surface area (Å²) in [6.45, 7) is 21.7. The molecule has 0 spiro atoms. The van der Waals surface area contributed by atoms with Crippen molar-refractivity contribution in [1.82, 2.24) is 15.1 Å². The van der Waals surface area contributed by atoms with Crippen LogP contribution in [-0.4, -0.2) is 36.0 Å². The van der Waals surface area contributed by atoms with Crippen LogP contribution in [0.15, 0.2) is 77.6 Å². The highest BCUT2D eigenvalue weighted by Gasteiger charge is 2.23. The van der Waals surface area contributed by atoms with E-state index < -0.39 is 0 Å². The molecule has 0 unspecified atom stereocenters. The normalized spacial score (nSPS) is 19.0. The molecule has 0 aliphatic carbocycles. The summed E-state index contributed by atoms with van der Waals surface area (Å²) >= 11 is 0. The lowest BCUT2D eigenvalue weighted by molar-refractivity contribution is 0.238. The summed E-state index contributed by atoms with van der Waals surface area (Å²) in [5.41, 5.74) is 11.4. The average molecular weight is 432 g/mol. The van der Waals surface area contributed by atoms with E-state index in [-0.39, 0.29) is 0 Å². The summed E-state index contributed by atoms with van der Waals surface area (Å²) in [4.78, 5) is 5.03. The minimum atomic E-state index is 0.801. The monoisotopic (exact) mass is 431 g/mol. The van der Waals surface area contributed by atoms with Crippen LogP contribution < -0.4 is 5.32 Å². The molecule has 172 valence electrons. The second-order valence-electron chi connectivity index (χ2n) is 9.44. The smallest absolute Gasteiger partial charge is 0.0667 e. The maximum Gasteiger partial charge on any atom is 0.0667 e. The molecule has 3 nitrogen and oxygen atoms in total. The zero-order valence-electron chi connectivity index (χ0n) is 20.6. The molecular weight excluding hydrogens is 390 g/mol. The molecular formula is C29H41N3. The zero-order chi connectivity index (χ0) is 23.1. The maximum absolute atomic E-state index is 4.53. The summed E-state index contributed by atoms with van der Waals surface area (Å²) < 4.78 is 0. The average Bonchev–Trinajstić information content (AvgIpc) is 2.81. The van der Waals surface area contributed by atoms with Crippen LogP contribution in [0, 0.1) is 5.92 Å². The van der Waals surface area contributed by atoms with Crippen LogP contribution in [0.5, 0.6) is 0 Å². The Morgan fingerprint density at radius 1 is 0.875 bits per heavy atom. The van der Waals surface area contributed by atoms with Crippen molar-refractivity contribution in [2.24, 2.45) is 5.92 Å². The van der Waals surface area contributed by atoms with Gasteiger partial charge in [0.2, 0.25) is 0 Å². The van der Waals surface area contributed by atoms with Gasteiger partial charge in [-0.3, -0.25) is 0 Å². The minimum Gasteiger partial charge on any atom is -0.370 e. The van der Waals surface area contributed by atoms with Crippen LogP contribution in [0.3, 0.4) is 0 Å². The fourth-order valence-electron chi connectivity index (χ4n) is 5.02. The molecule has 2 aliphatic heterocycles. The number of rotatable bonds is 7. The van der Waals surface area contributed by atoms with E-state index in [4.69, 9.17) is 0 Å². The van der Waals surface area contributed by atoms with Crippen molar-refractivity contribution in [3.05, 3.63) is 83.1 Å². The Balaban J connectivity index is 1.98. The predicted octanol–water partition coefficient (Wildman–Crippen LogP) is 6.70. The van der Waals surface area contributed by atoms with Crippen LogP contribution in [0.2, 0.25) is 0 Å². The number of nitrogens with one attached hydrogen (secondary N) is 1. The van der Waals surface area contributed by atoms with E-state index in [2.05, 4.69) is 92.0 Å². The van der Waals surface area contributed by atoms with Gasteiger partial charge in [-0.1, -0.05) is 50.4 Å². The molecule has 32 heavy (non-hydrogen) atoms. The van der Waals surface area contributed by atoms with E-state index in [1.807, 2.05) is 0 Å². The molecule has 2 fully saturated rings. The van der Waals surface area contributed by atoms with E-state index in [1.165, 1.54) is 54.8 Å². The van der Waals surface area contributed by atoms with Gasteiger partial charge in [-0.05, 0) is 69.9 Å². The molecule has 3 rings (SSSR count). The first-order valence-electron chi connectivity index (χ1n) is 12.2. The highest BCUT2D eigenvalue weighted by Crippen LogP contribution is 2.30. The Labute approximate surface area is 195 Å². The van der Waals surface area contributed by atoms with E-state index in [9.17, 15) is 0 Å². The van der Waals surface area contributed by atoms with E-state index in [0.717, 1.165) is 48.9 Å². The molecule has 0 saturated carbocycles. The van der Waals surface area contributed by atoms with Crippen molar-refractivity contribution in [2.75, 3.05) is 26.2 Å². The second-order valence-corrected chi connectivity index (χ2v) is 9.44. The lowest BCUT2D eigenvalue weighted by Gasteiger charge is -2.36. The van der Waals surface area contributed by atoms with Crippen molar-refractivity contribution < 1.29 is 0 Å². The summed E-state index contributed by atoms with van der Waals surface area (Å²) in [6.07, 6.45) is 6.26. The largest absolute Gasteiger partial charge is 0.370 e. The fourth-order valence-corrected chi connectivity index (χ4v) is 5.02. The highest BCUT2D eigenvalue weighted by molar-refractivity contribution is 5.77. The van der Waals surface area contributed by atoms with Gasteiger partial charge >= 0.3 is 0 Å². The molecule has 3 heteroatoms. The first-order chi connectivity index (χ1) is 15.4. The molecule has 0 aromatic heterocycles. The van der Waals surface area contributed by atoms with Gasteiger partial charge in [0, 0.05) is 43.1 Å². The van der Waals surface area contributed by atoms with Gasteiger partial charge in [-0.25, -0.2) is 0 Å². The van der Waals surface area contributed by atoms with Crippen LogP contribution in [-0.2, 0) is 0 Å². The maximum atomic E-state index is 4.53. The fraction of sp³-hybridized carbons (Fsp3) is 0.483. The summed E-state index contributed by atoms with van der Waals surface area (Å²) in [5.74, 6) is 0.801. The standard InChI is InChI=1S/C29H41N3/c1-7-23(3)28(32-20-16-22(2)17-21-32)25(5)30-26(6)29(31-18-12-9-13-19-31)24(4)27-14-10-8-11-15-27/h8,10-11,14-15,22,30H,1,4,9,12-13,16-21H2,2-3,5-6H3/b28-25+,29-26-. The number of piperidine rings is 2. The molecule has 2 aliphatic rings. The SMILES string of the molecule is C=C=C(C)/C(=C(/C)N/C(C)=C(/C(=C)c1ccccc1)N1CCCCC1)N1CCC(C)CC1. The van der Waals surface area contributed by atoms with E-state index in [1.54, 1.807) is 0 Å². The Morgan fingerprint density at radius 2 is 1.44 bits per heavy atom. The van der Waals surface area contributed by atoms with Gasteiger partial charge in [0.25, 0.3) is 0 Å². The van der Waals surface area contributed by atoms with Gasteiger partial charge in [0.1, 0.15) is 0 Å². The number of hydrogen-bond donors (Lipinski definition) is 1. The Hall–Kier alpha value is -2.64. The molecule has 2 heterocycles. The molecule has 2 saturated heterocycles. The highest BCUT2D eigenvalue weighted by atomic mass is 15.2. The van der Waals surface area contributed by atoms with E-state index >= 15 is 0 Å². The quantitative estimate of drug-likeness (QED) is 0.383. The van der Waals surface area contributed by atoms with Gasteiger partial charge < -0.3 is 15.1 Å². The Morgan fingerprint density at radius 3 is 2.03 bits per heavy atom. The molecule has 1 aromatic carbocycles. The zero-order valence-corrected chi connectivity index (χ0v) is 20.6. The van der Waals surface area contributed by atoms with Crippen LogP contribution in [0.25, 0.3) is 5.57 Å². The first kappa shape index (κ1) is 24.0. The summed E-state index contributed by atoms with van der Waals surface area (Å²) in [5, 5.41) is 3.78. The molecule has 1 N–H and O–H groups in total. The van der Waals surface area contributed by atoms with Gasteiger partial charge in [0.05, 0.1) is 11.4 Å². The van der Waals surface area contributed by atoms with Gasteiger partial charge in [-0.15, -0.1) is 5.73 Å². The topological polar surface area (TPSA) is 18.5 Å². The summed E-state index contributed by atoms with van der Waals surface area (Å²) in [6, 6.07) is 10.6. The van der Waals surface area contributed by atoms with Gasteiger partial charge in [0.15, 0.2) is 0 Å². The minimum absolute atomic E-state index is 0.801. The van der Waals surface area contributed by atoms with Crippen LogP contribution in [0.4, 0.5) is 0 Å². The van der Waals surface area contributed by atoms with Crippen LogP contribution >= 0.6 is 0 Å². The number of nitrogens with zero attached hydrogens (tertiary/aromatic N) is 2. The number of hydrogen-bond acceptors (Lipinski definition) is 3. The molecule has 0 radical (unpaired) electrons.